The zero-order valence-corrected chi connectivity index (χ0v) is 22.0. The highest BCUT2D eigenvalue weighted by molar-refractivity contribution is 6.42. The van der Waals surface area contributed by atoms with E-state index in [0.29, 0.717) is 16.0 Å². The molecule has 1 amide bonds. The second kappa shape index (κ2) is 13.6. The van der Waals surface area contributed by atoms with Crippen LogP contribution in [0.25, 0.3) is 0 Å². The Morgan fingerprint density at radius 3 is 2.09 bits per heavy atom. The minimum absolute atomic E-state index is 0. The number of hydrogen-bond acceptors (Lipinski definition) is 3. The summed E-state index contributed by atoms with van der Waals surface area (Å²) in [6.45, 7) is 12.1. The van der Waals surface area contributed by atoms with Gasteiger partial charge >= 0.3 is 0 Å². The van der Waals surface area contributed by atoms with Crippen molar-refractivity contribution in [2.24, 2.45) is 5.92 Å². The van der Waals surface area contributed by atoms with Gasteiger partial charge in [-0.3, -0.25) is 14.6 Å². The lowest BCUT2D eigenvalue weighted by Crippen LogP contribution is -2.52. The summed E-state index contributed by atoms with van der Waals surface area (Å²) in [6.07, 6.45) is 0. The number of benzene rings is 2. The molecule has 1 atom stereocenters. The summed E-state index contributed by atoms with van der Waals surface area (Å²) in [5.41, 5.74) is 3.06. The number of aryl methyl sites for hydroxylation is 1. The Hall–Kier alpha value is -1.01. The highest BCUT2D eigenvalue weighted by Crippen LogP contribution is 2.23. The van der Waals surface area contributed by atoms with E-state index in [9.17, 15) is 4.79 Å². The molecule has 0 aromatic heterocycles. The number of halogens is 4. The molecule has 32 heavy (non-hydrogen) atoms. The fraction of sp³-hybridized carbons (Fsp3) is 0.458. The normalized spacial score (nSPS) is 15.6. The van der Waals surface area contributed by atoms with Gasteiger partial charge in [0.15, 0.2) is 0 Å². The first-order valence-electron chi connectivity index (χ1n) is 10.6. The van der Waals surface area contributed by atoms with Gasteiger partial charge < -0.3 is 5.32 Å². The molecule has 0 bridgehead atoms. The summed E-state index contributed by atoms with van der Waals surface area (Å²) < 4.78 is 0. The molecule has 2 aromatic carbocycles. The first-order valence-corrected chi connectivity index (χ1v) is 11.3. The van der Waals surface area contributed by atoms with Crippen molar-refractivity contribution in [1.82, 2.24) is 15.1 Å². The van der Waals surface area contributed by atoms with Gasteiger partial charge in [-0.2, -0.15) is 0 Å². The lowest BCUT2D eigenvalue weighted by molar-refractivity contribution is 0.0862. The van der Waals surface area contributed by atoms with E-state index < -0.39 is 0 Å². The van der Waals surface area contributed by atoms with Gasteiger partial charge in [-0.25, -0.2) is 0 Å². The summed E-state index contributed by atoms with van der Waals surface area (Å²) in [7, 11) is 0. The molecule has 0 spiro atoms. The van der Waals surface area contributed by atoms with E-state index in [-0.39, 0.29) is 36.8 Å². The van der Waals surface area contributed by atoms with Crippen molar-refractivity contribution in [3.8, 4) is 0 Å². The van der Waals surface area contributed by atoms with E-state index in [4.69, 9.17) is 23.2 Å². The molecule has 0 unspecified atom stereocenters. The van der Waals surface area contributed by atoms with Crippen molar-refractivity contribution in [3.05, 3.63) is 69.2 Å². The lowest BCUT2D eigenvalue weighted by Gasteiger charge is -2.37. The summed E-state index contributed by atoms with van der Waals surface area (Å²) >= 11 is 12.2. The lowest BCUT2D eigenvalue weighted by atomic mass is 10.0. The SMILES string of the molecule is Cc1ccc(C(=O)N[C@H](CN2CCN(Cc3ccc(Cl)c(Cl)c3)CC2)C(C)C)cc1.Cl.Cl. The Labute approximate surface area is 214 Å². The highest BCUT2D eigenvalue weighted by Gasteiger charge is 2.23. The van der Waals surface area contributed by atoms with Crippen molar-refractivity contribution >= 4 is 53.9 Å². The van der Waals surface area contributed by atoms with Crippen LogP contribution in [-0.4, -0.2) is 54.5 Å². The molecular formula is C24H33Cl4N3O. The topological polar surface area (TPSA) is 35.6 Å². The van der Waals surface area contributed by atoms with Gasteiger partial charge in [0, 0.05) is 50.9 Å². The van der Waals surface area contributed by atoms with Crippen molar-refractivity contribution in [2.45, 2.75) is 33.4 Å². The van der Waals surface area contributed by atoms with Gasteiger partial charge in [-0.05, 0) is 42.7 Å². The molecule has 1 saturated heterocycles. The predicted octanol–water partition coefficient (Wildman–Crippen LogP) is 5.72. The minimum atomic E-state index is 0. The fourth-order valence-corrected chi connectivity index (χ4v) is 4.00. The maximum Gasteiger partial charge on any atom is 0.251 e. The van der Waals surface area contributed by atoms with E-state index in [1.165, 1.54) is 5.56 Å². The average molecular weight is 521 g/mol. The van der Waals surface area contributed by atoms with Crippen LogP contribution in [0.1, 0.15) is 35.3 Å². The van der Waals surface area contributed by atoms with Gasteiger partial charge in [0.2, 0.25) is 0 Å². The minimum Gasteiger partial charge on any atom is -0.348 e. The highest BCUT2D eigenvalue weighted by atomic mass is 35.5. The molecule has 0 radical (unpaired) electrons. The number of hydrogen-bond donors (Lipinski definition) is 1. The summed E-state index contributed by atoms with van der Waals surface area (Å²) in [6, 6.07) is 13.7. The molecule has 3 rings (SSSR count). The molecule has 1 aliphatic heterocycles. The number of amides is 1. The second-order valence-electron chi connectivity index (χ2n) is 8.52. The van der Waals surface area contributed by atoms with Gasteiger partial charge in [0.1, 0.15) is 0 Å². The van der Waals surface area contributed by atoms with Crippen molar-refractivity contribution < 1.29 is 4.79 Å². The van der Waals surface area contributed by atoms with Crippen molar-refractivity contribution in [3.63, 3.8) is 0 Å². The van der Waals surface area contributed by atoms with Crippen LogP contribution in [0.2, 0.25) is 10.0 Å². The predicted molar refractivity (Wildman–Crippen MR) is 140 cm³/mol. The number of nitrogens with zero attached hydrogens (tertiary/aromatic N) is 2. The molecule has 2 aromatic rings. The molecular weight excluding hydrogens is 488 g/mol. The second-order valence-corrected chi connectivity index (χ2v) is 9.33. The van der Waals surface area contributed by atoms with Crippen LogP contribution in [0.5, 0.6) is 0 Å². The van der Waals surface area contributed by atoms with Crippen LogP contribution < -0.4 is 5.32 Å². The smallest absolute Gasteiger partial charge is 0.251 e. The van der Waals surface area contributed by atoms with Gasteiger partial charge in [0.25, 0.3) is 5.91 Å². The number of nitrogens with one attached hydrogen (secondary N) is 1. The zero-order chi connectivity index (χ0) is 21.7. The number of rotatable bonds is 7. The van der Waals surface area contributed by atoms with Gasteiger partial charge in [0.05, 0.1) is 10.0 Å². The van der Waals surface area contributed by atoms with Crippen LogP contribution in [0.4, 0.5) is 0 Å². The Bertz CT molecular complexity index is 853. The Morgan fingerprint density at radius 1 is 0.938 bits per heavy atom. The summed E-state index contributed by atoms with van der Waals surface area (Å²) in [4.78, 5) is 17.5. The van der Waals surface area contributed by atoms with E-state index in [2.05, 4.69) is 29.0 Å². The third-order valence-electron chi connectivity index (χ3n) is 5.74. The van der Waals surface area contributed by atoms with E-state index in [1.54, 1.807) is 0 Å². The third-order valence-corrected chi connectivity index (χ3v) is 6.48. The molecule has 8 heteroatoms. The number of piperazine rings is 1. The largest absolute Gasteiger partial charge is 0.348 e. The van der Waals surface area contributed by atoms with Crippen LogP contribution in [-0.2, 0) is 6.54 Å². The van der Waals surface area contributed by atoms with Crippen molar-refractivity contribution in [2.75, 3.05) is 32.7 Å². The third kappa shape index (κ3) is 8.40. The maximum absolute atomic E-state index is 12.7. The molecule has 0 aliphatic carbocycles. The Kier molecular flexibility index (Phi) is 12.4. The summed E-state index contributed by atoms with van der Waals surface area (Å²) in [5.74, 6) is 0.376. The Morgan fingerprint density at radius 2 is 1.53 bits per heavy atom. The molecule has 1 heterocycles. The Balaban J connectivity index is 0.00000256. The molecule has 178 valence electrons. The van der Waals surface area contributed by atoms with Crippen molar-refractivity contribution in [1.29, 1.82) is 0 Å². The molecule has 1 N–H and O–H groups in total. The number of carbonyl (C=O) groups is 1. The average Bonchev–Trinajstić information content (AvgIpc) is 2.72. The van der Waals surface area contributed by atoms with Gasteiger partial charge in [-0.1, -0.05) is 60.8 Å². The summed E-state index contributed by atoms with van der Waals surface area (Å²) in [5, 5.41) is 4.44. The maximum atomic E-state index is 12.7. The first-order chi connectivity index (χ1) is 14.3. The number of carbonyl (C=O) groups excluding carboxylic acids is 1. The van der Waals surface area contributed by atoms with Crippen LogP contribution >= 0.6 is 48.0 Å². The van der Waals surface area contributed by atoms with Crippen LogP contribution in [0.3, 0.4) is 0 Å². The van der Waals surface area contributed by atoms with Crippen LogP contribution in [0.15, 0.2) is 42.5 Å². The van der Waals surface area contributed by atoms with E-state index in [0.717, 1.165) is 50.4 Å². The quantitative estimate of drug-likeness (QED) is 0.507. The van der Waals surface area contributed by atoms with Crippen LogP contribution in [0, 0.1) is 12.8 Å². The van der Waals surface area contributed by atoms with E-state index in [1.807, 2.05) is 49.4 Å². The van der Waals surface area contributed by atoms with E-state index >= 15 is 0 Å². The van der Waals surface area contributed by atoms with Gasteiger partial charge in [-0.15, -0.1) is 24.8 Å². The zero-order valence-electron chi connectivity index (χ0n) is 18.8. The molecule has 1 fully saturated rings. The molecule has 0 saturated carbocycles. The fourth-order valence-electron chi connectivity index (χ4n) is 3.68. The monoisotopic (exact) mass is 519 g/mol. The molecule has 1 aliphatic rings. The molecule has 4 nitrogen and oxygen atoms in total. The standard InChI is InChI=1S/C24H31Cl2N3O.2ClH/c1-17(2)23(27-24(30)20-7-4-18(3)5-8-20)16-29-12-10-28(11-13-29)15-19-6-9-21(25)22(26)14-19;;/h4-9,14,17,23H,10-13,15-16H2,1-3H3,(H,27,30);2*1H/t23-;;/m1../s1. The first kappa shape index (κ1) is 29.0.